The maximum atomic E-state index is 12.4. The van der Waals surface area contributed by atoms with E-state index in [1.54, 1.807) is 57.4 Å². The molecule has 0 saturated carbocycles. The summed E-state index contributed by atoms with van der Waals surface area (Å²) in [5.41, 5.74) is 6.54. The second-order valence-electron chi connectivity index (χ2n) is 7.52. The quantitative estimate of drug-likeness (QED) is 0.204. The molecular formula is C18H28N4O4. The second kappa shape index (κ2) is 8.66. The fourth-order valence-electron chi connectivity index (χ4n) is 2.74. The third-order valence-electron chi connectivity index (χ3n) is 4.08. The monoisotopic (exact) mass is 364 g/mol. The van der Waals surface area contributed by atoms with Gasteiger partial charge in [-0.15, -0.1) is 0 Å². The highest BCUT2D eigenvalue weighted by Gasteiger charge is 2.38. The molecule has 26 heavy (non-hydrogen) atoms. The minimum absolute atomic E-state index is 0.238. The Morgan fingerprint density at radius 3 is 1.96 bits per heavy atom. The predicted molar refractivity (Wildman–Crippen MR) is 98.3 cm³/mol. The van der Waals surface area contributed by atoms with Crippen molar-refractivity contribution < 1.29 is 19.6 Å². The average Bonchev–Trinajstić information content (AvgIpc) is 2.57. The number of amides is 3. The molecule has 1 aromatic carbocycles. The van der Waals surface area contributed by atoms with Crippen LogP contribution in [0.5, 0.6) is 0 Å². The number of nitrogens with two attached hydrogens (primary N) is 1. The fourth-order valence-corrected chi connectivity index (χ4v) is 2.74. The molecule has 0 aliphatic heterocycles. The first-order valence-corrected chi connectivity index (χ1v) is 8.36. The van der Waals surface area contributed by atoms with Crippen LogP contribution in [-0.2, 0) is 9.59 Å². The zero-order valence-corrected chi connectivity index (χ0v) is 15.7. The summed E-state index contributed by atoms with van der Waals surface area (Å²) in [4.78, 5) is 36.0. The highest BCUT2D eigenvalue weighted by atomic mass is 16.5. The van der Waals surface area contributed by atoms with Crippen molar-refractivity contribution >= 4 is 23.4 Å². The van der Waals surface area contributed by atoms with E-state index in [-0.39, 0.29) is 31.3 Å². The molecule has 0 aromatic heterocycles. The highest BCUT2D eigenvalue weighted by Crippen LogP contribution is 2.33. The van der Waals surface area contributed by atoms with Crippen molar-refractivity contribution in [2.75, 3.05) is 18.8 Å². The van der Waals surface area contributed by atoms with Crippen molar-refractivity contribution in [2.45, 2.75) is 34.1 Å². The molecule has 8 nitrogen and oxygen atoms in total. The molecule has 0 saturated heterocycles. The topological polar surface area (TPSA) is 134 Å². The van der Waals surface area contributed by atoms with Gasteiger partial charge in [0, 0.05) is 35.2 Å². The van der Waals surface area contributed by atoms with Gasteiger partial charge in [0.1, 0.15) is 0 Å². The summed E-state index contributed by atoms with van der Waals surface area (Å²) in [5.74, 6) is -1.04. The lowest BCUT2D eigenvalue weighted by Gasteiger charge is -2.32. The number of carbonyl (C=O) groups excluding carboxylic acids is 3. The van der Waals surface area contributed by atoms with Gasteiger partial charge in [-0.25, -0.2) is 5.48 Å². The predicted octanol–water partition coefficient (Wildman–Crippen LogP) is 1.06. The van der Waals surface area contributed by atoms with Gasteiger partial charge in [-0.1, -0.05) is 27.7 Å². The van der Waals surface area contributed by atoms with Crippen LogP contribution in [0.25, 0.3) is 0 Å². The molecule has 0 radical (unpaired) electrons. The lowest BCUT2D eigenvalue weighted by atomic mass is 9.74. The molecule has 144 valence electrons. The summed E-state index contributed by atoms with van der Waals surface area (Å²) in [7, 11) is 0. The molecule has 3 amide bonds. The summed E-state index contributed by atoms with van der Waals surface area (Å²) in [6.45, 7) is 7.28. The summed E-state index contributed by atoms with van der Waals surface area (Å²) in [6, 6.07) is 6.54. The van der Waals surface area contributed by atoms with Gasteiger partial charge in [0.25, 0.3) is 5.91 Å². The van der Waals surface area contributed by atoms with Crippen LogP contribution < -0.4 is 21.8 Å². The molecule has 8 heteroatoms. The van der Waals surface area contributed by atoms with Crippen LogP contribution >= 0.6 is 0 Å². The van der Waals surface area contributed by atoms with E-state index in [2.05, 4.69) is 10.6 Å². The van der Waals surface area contributed by atoms with Crippen LogP contribution in [0, 0.1) is 10.8 Å². The minimum Gasteiger partial charge on any atom is -0.399 e. The summed E-state index contributed by atoms with van der Waals surface area (Å²) >= 11 is 0. The Morgan fingerprint density at radius 2 is 1.42 bits per heavy atom. The highest BCUT2D eigenvalue weighted by molar-refractivity contribution is 5.94. The molecule has 1 aromatic rings. The van der Waals surface area contributed by atoms with Crippen LogP contribution in [0.1, 0.15) is 44.5 Å². The number of nitrogen functional groups attached to an aromatic ring is 1. The van der Waals surface area contributed by atoms with Gasteiger partial charge in [-0.2, -0.15) is 0 Å². The maximum absolute atomic E-state index is 12.4. The van der Waals surface area contributed by atoms with E-state index < -0.39 is 16.7 Å². The number of hydroxylamine groups is 1. The molecule has 0 unspecified atom stereocenters. The summed E-state index contributed by atoms with van der Waals surface area (Å²) < 4.78 is 0. The Bertz CT molecular complexity index is 654. The molecule has 1 rings (SSSR count). The minimum atomic E-state index is -0.904. The van der Waals surface area contributed by atoms with E-state index in [9.17, 15) is 14.4 Å². The molecule has 6 N–H and O–H groups in total. The van der Waals surface area contributed by atoms with Gasteiger partial charge < -0.3 is 16.4 Å². The number of benzene rings is 1. The molecule has 0 bridgehead atoms. The number of carbonyl (C=O) groups is 3. The Balaban J connectivity index is 2.46. The number of rotatable bonds is 8. The number of hydrogen-bond acceptors (Lipinski definition) is 5. The van der Waals surface area contributed by atoms with Crippen molar-refractivity contribution in [3.8, 4) is 0 Å². The van der Waals surface area contributed by atoms with Crippen LogP contribution in [0.2, 0.25) is 0 Å². The van der Waals surface area contributed by atoms with Crippen LogP contribution in [-0.4, -0.2) is 36.0 Å². The molecule has 0 spiro atoms. The lowest BCUT2D eigenvalue weighted by molar-refractivity contribution is -0.142. The number of anilines is 1. The van der Waals surface area contributed by atoms with Crippen LogP contribution in [0.4, 0.5) is 5.69 Å². The van der Waals surface area contributed by atoms with Crippen molar-refractivity contribution in [2.24, 2.45) is 10.8 Å². The summed E-state index contributed by atoms with van der Waals surface area (Å²) in [6.07, 6.45) is 0.246. The second-order valence-corrected chi connectivity index (χ2v) is 7.52. The smallest absolute Gasteiger partial charge is 0.251 e. The van der Waals surface area contributed by atoms with Gasteiger partial charge in [-0.3, -0.25) is 19.6 Å². The van der Waals surface area contributed by atoms with E-state index in [0.717, 1.165) is 0 Å². The first kappa shape index (κ1) is 21.4. The van der Waals surface area contributed by atoms with Gasteiger partial charge in [0.15, 0.2) is 0 Å². The molecule has 0 heterocycles. The van der Waals surface area contributed by atoms with Crippen molar-refractivity contribution in [1.29, 1.82) is 0 Å². The summed E-state index contributed by atoms with van der Waals surface area (Å²) in [5, 5.41) is 14.3. The zero-order chi connectivity index (χ0) is 20.0. The standard InChI is InChI=1S/C18H28N4O4/c1-17(2,11-18(3,4)16(25)22-26)15(24)21-10-9-20-14(23)12-5-7-13(19)8-6-12/h5-8,26H,9-11,19H2,1-4H3,(H,20,23)(H,21,24)(H,22,25). The normalized spacial score (nSPS) is 11.6. The van der Waals surface area contributed by atoms with Crippen molar-refractivity contribution in [3.05, 3.63) is 29.8 Å². The molecular weight excluding hydrogens is 336 g/mol. The van der Waals surface area contributed by atoms with Gasteiger partial charge in [0.05, 0.1) is 0 Å². The van der Waals surface area contributed by atoms with Gasteiger partial charge in [-0.05, 0) is 30.7 Å². The van der Waals surface area contributed by atoms with E-state index >= 15 is 0 Å². The third-order valence-corrected chi connectivity index (χ3v) is 4.08. The zero-order valence-electron chi connectivity index (χ0n) is 15.7. The van der Waals surface area contributed by atoms with E-state index in [0.29, 0.717) is 11.3 Å². The Morgan fingerprint density at radius 1 is 0.923 bits per heavy atom. The van der Waals surface area contributed by atoms with E-state index in [1.807, 2.05) is 0 Å². The van der Waals surface area contributed by atoms with Crippen molar-refractivity contribution in [1.82, 2.24) is 16.1 Å². The van der Waals surface area contributed by atoms with Crippen molar-refractivity contribution in [3.63, 3.8) is 0 Å². The first-order chi connectivity index (χ1) is 12.0. The Labute approximate surface area is 153 Å². The third kappa shape index (κ3) is 6.03. The van der Waals surface area contributed by atoms with E-state index in [1.165, 1.54) is 0 Å². The molecule has 0 aliphatic rings. The van der Waals surface area contributed by atoms with Crippen LogP contribution in [0.3, 0.4) is 0 Å². The number of nitrogens with one attached hydrogen (secondary N) is 3. The average molecular weight is 364 g/mol. The fraction of sp³-hybridized carbons (Fsp3) is 0.500. The Kier molecular flexibility index (Phi) is 7.14. The van der Waals surface area contributed by atoms with E-state index in [4.69, 9.17) is 10.9 Å². The molecule has 0 fully saturated rings. The lowest BCUT2D eigenvalue weighted by Crippen LogP contribution is -2.45. The first-order valence-electron chi connectivity index (χ1n) is 8.36. The SMILES string of the molecule is CC(C)(CC(C)(C)C(=O)NCCNC(=O)c1ccc(N)cc1)C(=O)NO. The largest absolute Gasteiger partial charge is 0.399 e. The molecule has 0 atom stereocenters. The van der Waals surface area contributed by atoms with Gasteiger partial charge >= 0.3 is 0 Å². The van der Waals surface area contributed by atoms with Gasteiger partial charge in [0.2, 0.25) is 11.8 Å². The van der Waals surface area contributed by atoms with Crippen LogP contribution in [0.15, 0.2) is 24.3 Å². The Hall–Kier alpha value is -2.61. The maximum Gasteiger partial charge on any atom is 0.251 e. The number of hydrogen-bond donors (Lipinski definition) is 5. The molecule has 0 aliphatic carbocycles.